The Morgan fingerprint density at radius 3 is 2.67 bits per heavy atom. The van der Waals surface area contributed by atoms with Crippen molar-refractivity contribution in [3.63, 3.8) is 0 Å². The average Bonchev–Trinajstić information content (AvgIpc) is 2.81. The molecular formula is C13H13ClN2O2S3. The monoisotopic (exact) mass is 360 g/mol. The summed E-state index contributed by atoms with van der Waals surface area (Å²) in [6.07, 6.45) is 0. The zero-order valence-electron chi connectivity index (χ0n) is 11.1. The van der Waals surface area contributed by atoms with Crippen LogP contribution in [0.1, 0.15) is 16.0 Å². The standard InChI is InChI=1S/C13H13ClN2O2S3/c1-8-4-5-20-11(8)7-16-21(17,18)12-3-2-9(13(15)19)6-10(12)14/h2-6,16H,7H2,1H3,(H2,15,19). The molecule has 1 heterocycles. The Morgan fingerprint density at radius 2 is 2.14 bits per heavy atom. The Hall–Kier alpha value is -0.990. The van der Waals surface area contributed by atoms with Crippen LogP contribution in [0, 0.1) is 6.92 Å². The minimum atomic E-state index is -3.69. The molecule has 0 aliphatic heterocycles. The van der Waals surface area contributed by atoms with E-state index in [9.17, 15) is 8.42 Å². The summed E-state index contributed by atoms with van der Waals surface area (Å²) in [4.78, 5) is 1.15. The summed E-state index contributed by atoms with van der Waals surface area (Å²) in [7, 11) is -3.69. The number of hydrogen-bond acceptors (Lipinski definition) is 4. The van der Waals surface area contributed by atoms with Crippen LogP contribution in [-0.4, -0.2) is 13.4 Å². The van der Waals surface area contributed by atoms with Gasteiger partial charge in [-0.25, -0.2) is 13.1 Å². The lowest BCUT2D eigenvalue weighted by atomic mass is 10.2. The molecule has 1 aromatic carbocycles. The third-order valence-electron chi connectivity index (χ3n) is 2.90. The van der Waals surface area contributed by atoms with E-state index in [4.69, 9.17) is 29.6 Å². The predicted octanol–water partition coefficient (Wildman–Crippen LogP) is 2.82. The number of thiophene rings is 1. The van der Waals surface area contributed by atoms with E-state index in [-0.39, 0.29) is 21.5 Å². The maximum atomic E-state index is 12.3. The first-order valence-corrected chi connectivity index (χ1v) is 9.08. The first-order chi connectivity index (χ1) is 9.81. The molecule has 2 rings (SSSR count). The fraction of sp³-hybridized carbons (Fsp3) is 0.154. The Labute approximate surface area is 138 Å². The first kappa shape index (κ1) is 16.4. The van der Waals surface area contributed by atoms with E-state index >= 15 is 0 Å². The molecule has 21 heavy (non-hydrogen) atoms. The number of halogens is 1. The smallest absolute Gasteiger partial charge is 0.242 e. The molecule has 0 aliphatic carbocycles. The highest BCUT2D eigenvalue weighted by Crippen LogP contribution is 2.23. The van der Waals surface area contributed by atoms with E-state index in [1.165, 1.54) is 23.5 Å². The Morgan fingerprint density at radius 1 is 1.43 bits per heavy atom. The van der Waals surface area contributed by atoms with E-state index in [1.54, 1.807) is 6.07 Å². The van der Waals surface area contributed by atoms with Crippen molar-refractivity contribution in [2.75, 3.05) is 0 Å². The number of rotatable bonds is 5. The molecule has 4 nitrogen and oxygen atoms in total. The van der Waals surface area contributed by atoms with Gasteiger partial charge in [0.2, 0.25) is 10.0 Å². The molecule has 0 spiro atoms. The molecular weight excluding hydrogens is 348 g/mol. The number of aryl methyl sites for hydroxylation is 1. The molecule has 8 heteroatoms. The summed E-state index contributed by atoms with van der Waals surface area (Å²) in [6, 6.07) is 6.34. The number of nitrogens with one attached hydrogen (secondary N) is 1. The van der Waals surface area contributed by atoms with Crippen LogP contribution in [-0.2, 0) is 16.6 Å². The average molecular weight is 361 g/mol. The zero-order valence-corrected chi connectivity index (χ0v) is 14.3. The molecule has 2 aromatic rings. The van der Waals surface area contributed by atoms with Gasteiger partial charge in [0.25, 0.3) is 0 Å². The van der Waals surface area contributed by atoms with Gasteiger partial charge in [-0.1, -0.05) is 29.9 Å². The van der Waals surface area contributed by atoms with Gasteiger partial charge >= 0.3 is 0 Å². The predicted molar refractivity (Wildman–Crippen MR) is 90.4 cm³/mol. The van der Waals surface area contributed by atoms with E-state index in [2.05, 4.69) is 4.72 Å². The molecule has 0 unspecified atom stereocenters. The molecule has 0 saturated heterocycles. The number of hydrogen-bond donors (Lipinski definition) is 2. The molecule has 0 aliphatic rings. The van der Waals surface area contributed by atoms with Crippen LogP contribution in [0.5, 0.6) is 0 Å². The third kappa shape index (κ3) is 3.81. The highest BCUT2D eigenvalue weighted by atomic mass is 35.5. The minimum Gasteiger partial charge on any atom is -0.389 e. The second kappa shape index (κ2) is 6.41. The van der Waals surface area contributed by atoms with E-state index in [1.807, 2.05) is 18.4 Å². The minimum absolute atomic E-state index is 0.0124. The summed E-state index contributed by atoms with van der Waals surface area (Å²) in [5.41, 5.74) is 7.07. The number of sulfonamides is 1. The van der Waals surface area contributed by atoms with Crippen LogP contribution >= 0.6 is 35.2 Å². The number of thiocarbonyl (C=S) groups is 1. The molecule has 112 valence electrons. The van der Waals surface area contributed by atoms with Crippen LogP contribution in [0.2, 0.25) is 5.02 Å². The molecule has 0 amide bonds. The van der Waals surface area contributed by atoms with Crippen LogP contribution in [0.3, 0.4) is 0 Å². The SMILES string of the molecule is Cc1ccsc1CNS(=O)(=O)c1ccc(C(N)=S)cc1Cl. The highest BCUT2D eigenvalue weighted by molar-refractivity contribution is 7.89. The summed E-state index contributed by atoms with van der Waals surface area (Å²) < 4.78 is 27.1. The van der Waals surface area contributed by atoms with Crippen molar-refractivity contribution in [3.8, 4) is 0 Å². The highest BCUT2D eigenvalue weighted by Gasteiger charge is 2.18. The molecule has 0 saturated carbocycles. The van der Waals surface area contributed by atoms with Gasteiger partial charge < -0.3 is 5.73 Å². The van der Waals surface area contributed by atoms with Crippen LogP contribution in [0.15, 0.2) is 34.5 Å². The van der Waals surface area contributed by atoms with E-state index in [0.29, 0.717) is 5.56 Å². The third-order valence-corrected chi connectivity index (χ3v) is 6.04. The van der Waals surface area contributed by atoms with E-state index < -0.39 is 10.0 Å². The van der Waals surface area contributed by atoms with Gasteiger partial charge in [-0.15, -0.1) is 11.3 Å². The Kier molecular flexibility index (Phi) is 5.00. The lowest BCUT2D eigenvalue weighted by molar-refractivity contribution is 0.582. The fourth-order valence-corrected chi connectivity index (χ4v) is 4.30. The second-order valence-corrected chi connectivity index (χ2v) is 7.94. The lowest BCUT2D eigenvalue weighted by Gasteiger charge is -2.09. The van der Waals surface area contributed by atoms with Gasteiger partial charge in [0.15, 0.2) is 0 Å². The number of benzene rings is 1. The fourth-order valence-electron chi connectivity index (χ4n) is 1.70. The summed E-state index contributed by atoms with van der Waals surface area (Å²) in [5, 5.41) is 2.01. The van der Waals surface area contributed by atoms with Gasteiger partial charge in [0.1, 0.15) is 9.88 Å². The van der Waals surface area contributed by atoms with Crippen LogP contribution < -0.4 is 10.5 Å². The topological polar surface area (TPSA) is 72.2 Å². The van der Waals surface area contributed by atoms with Crippen molar-refractivity contribution in [2.45, 2.75) is 18.4 Å². The first-order valence-electron chi connectivity index (χ1n) is 5.93. The van der Waals surface area contributed by atoms with Crippen molar-refractivity contribution in [2.24, 2.45) is 5.73 Å². The zero-order chi connectivity index (χ0) is 15.6. The van der Waals surface area contributed by atoms with Crippen molar-refractivity contribution < 1.29 is 8.42 Å². The van der Waals surface area contributed by atoms with Gasteiger partial charge in [-0.2, -0.15) is 0 Å². The molecule has 0 atom stereocenters. The normalized spacial score (nSPS) is 11.5. The molecule has 0 radical (unpaired) electrons. The molecule has 0 bridgehead atoms. The maximum absolute atomic E-state index is 12.3. The maximum Gasteiger partial charge on any atom is 0.242 e. The van der Waals surface area contributed by atoms with Crippen molar-refractivity contribution in [1.82, 2.24) is 4.72 Å². The number of nitrogens with two attached hydrogens (primary N) is 1. The summed E-state index contributed by atoms with van der Waals surface area (Å²) in [5.74, 6) is 0. The van der Waals surface area contributed by atoms with Crippen LogP contribution in [0.4, 0.5) is 0 Å². The van der Waals surface area contributed by atoms with Crippen LogP contribution in [0.25, 0.3) is 0 Å². The van der Waals surface area contributed by atoms with Gasteiger partial charge in [-0.3, -0.25) is 0 Å². The summed E-state index contributed by atoms with van der Waals surface area (Å²) in [6.45, 7) is 2.17. The summed E-state index contributed by atoms with van der Waals surface area (Å²) >= 11 is 12.4. The van der Waals surface area contributed by atoms with Gasteiger partial charge in [-0.05, 0) is 36.1 Å². The van der Waals surface area contributed by atoms with Crippen molar-refractivity contribution >= 4 is 50.2 Å². The largest absolute Gasteiger partial charge is 0.389 e. The molecule has 3 N–H and O–H groups in total. The van der Waals surface area contributed by atoms with Gasteiger partial charge in [0, 0.05) is 17.0 Å². The molecule has 1 aromatic heterocycles. The van der Waals surface area contributed by atoms with E-state index in [0.717, 1.165) is 10.4 Å². The molecule has 0 fully saturated rings. The van der Waals surface area contributed by atoms with Crippen molar-refractivity contribution in [3.05, 3.63) is 50.7 Å². The van der Waals surface area contributed by atoms with Gasteiger partial charge in [0.05, 0.1) is 5.02 Å². The Bertz CT molecular complexity index is 784. The lowest BCUT2D eigenvalue weighted by Crippen LogP contribution is -2.23. The second-order valence-electron chi connectivity index (χ2n) is 4.36. The Balaban J connectivity index is 2.23. The van der Waals surface area contributed by atoms with Crippen molar-refractivity contribution in [1.29, 1.82) is 0 Å². The quantitative estimate of drug-likeness (QED) is 0.804.